The number of methoxy groups -OCH3 is 1. The Balaban J connectivity index is 0.00000312. The molecule has 0 radical (unpaired) electrons. The zero-order valence-corrected chi connectivity index (χ0v) is 16.2. The third kappa shape index (κ3) is 5.72. The summed E-state index contributed by atoms with van der Waals surface area (Å²) >= 11 is 0. The smallest absolute Gasteiger partial charge is 0.227 e. The van der Waals surface area contributed by atoms with Crippen LogP contribution in [0.15, 0.2) is 18.2 Å². The van der Waals surface area contributed by atoms with Crippen LogP contribution in [0.4, 0.5) is 0 Å². The molecule has 0 saturated carbocycles. The van der Waals surface area contributed by atoms with Crippen LogP contribution in [0.1, 0.15) is 49.0 Å². The van der Waals surface area contributed by atoms with Crippen molar-refractivity contribution in [2.45, 2.75) is 45.6 Å². The first-order valence-electron chi connectivity index (χ1n) is 8.74. The summed E-state index contributed by atoms with van der Waals surface area (Å²) in [6.07, 6.45) is 3.21. The van der Waals surface area contributed by atoms with Gasteiger partial charge in [0.05, 0.1) is 13.5 Å². The molecular formula is C19H29ClN2O3. The van der Waals surface area contributed by atoms with Gasteiger partial charge in [0, 0.05) is 23.7 Å². The van der Waals surface area contributed by atoms with Crippen molar-refractivity contribution in [2.75, 3.05) is 26.7 Å². The zero-order chi connectivity index (χ0) is 17.5. The van der Waals surface area contributed by atoms with Crippen LogP contribution in [0.3, 0.4) is 0 Å². The minimum absolute atomic E-state index is 0. The minimum atomic E-state index is -0.00452. The molecule has 0 atom stereocenters. The predicted molar refractivity (Wildman–Crippen MR) is 102 cm³/mol. The molecule has 1 aromatic carbocycles. The summed E-state index contributed by atoms with van der Waals surface area (Å²) in [5.41, 5.74) is 1.40. The van der Waals surface area contributed by atoms with E-state index in [2.05, 4.69) is 12.2 Å². The van der Waals surface area contributed by atoms with E-state index < -0.39 is 0 Å². The molecule has 0 unspecified atom stereocenters. The lowest BCUT2D eigenvalue weighted by Gasteiger charge is -2.34. The molecule has 1 heterocycles. The molecule has 2 rings (SSSR count). The Morgan fingerprint density at radius 3 is 2.52 bits per heavy atom. The number of hydrogen-bond donors (Lipinski definition) is 1. The van der Waals surface area contributed by atoms with Gasteiger partial charge in [-0.25, -0.2) is 0 Å². The zero-order valence-electron chi connectivity index (χ0n) is 15.3. The van der Waals surface area contributed by atoms with Gasteiger partial charge in [0.2, 0.25) is 5.91 Å². The van der Waals surface area contributed by atoms with Gasteiger partial charge in [-0.3, -0.25) is 9.59 Å². The van der Waals surface area contributed by atoms with Crippen LogP contribution in [0.25, 0.3) is 0 Å². The van der Waals surface area contributed by atoms with Gasteiger partial charge in [0.25, 0.3) is 0 Å². The lowest BCUT2D eigenvalue weighted by molar-refractivity contribution is -0.133. The fourth-order valence-corrected chi connectivity index (χ4v) is 3.27. The highest BCUT2D eigenvalue weighted by atomic mass is 35.5. The Morgan fingerprint density at radius 2 is 1.96 bits per heavy atom. The van der Waals surface area contributed by atoms with E-state index in [1.54, 1.807) is 25.3 Å². The molecule has 1 aliphatic rings. The third-order valence-corrected chi connectivity index (χ3v) is 4.56. The molecule has 1 aromatic rings. The second-order valence-electron chi connectivity index (χ2n) is 6.33. The summed E-state index contributed by atoms with van der Waals surface area (Å²) < 4.78 is 5.37. The maximum atomic E-state index is 12.9. The number of benzene rings is 1. The van der Waals surface area contributed by atoms with Crippen molar-refractivity contribution in [1.29, 1.82) is 0 Å². The molecule has 140 valence electrons. The Labute approximate surface area is 156 Å². The number of halogens is 1. The van der Waals surface area contributed by atoms with Gasteiger partial charge in [-0.05, 0) is 57.5 Å². The van der Waals surface area contributed by atoms with Crippen molar-refractivity contribution in [1.82, 2.24) is 10.2 Å². The van der Waals surface area contributed by atoms with Crippen LogP contribution in [-0.4, -0.2) is 49.4 Å². The highest BCUT2D eigenvalue weighted by Crippen LogP contribution is 2.23. The summed E-state index contributed by atoms with van der Waals surface area (Å²) in [6, 6.07) is 5.60. The van der Waals surface area contributed by atoms with Gasteiger partial charge in [-0.2, -0.15) is 0 Å². The molecule has 1 N–H and O–H groups in total. The Hall–Kier alpha value is -1.59. The molecule has 1 amide bonds. The fourth-order valence-electron chi connectivity index (χ4n) is 3.27. The Bertz CT molecular complexity index is 586. The van der Waals surface area contributed by atoms with Crippen molar-refractivity contribution in [3.63, 3.8) is 0 Å². The number of piperidine rings is 1. The SMILES string of the molecule is CCCN(C(=O)Cc1cc(C(C)=O)ccc1OC)C1CCNCC1.Cl. The number of nitrogens with zero attached hydrogens (tertiary/aromatic N) is 1. The minimum Gasteiger partial charge on any atom is -0.496 e. The van der Waals surface area contributed by atoms with E-state index in [0.717, 1.165) is 44.5 Å². The van der Waals surface area contributed by atoms with E-state index in [1.165, 1.54) is 6.92 Å². The van der Waals surface area contributed by atoms with E-state index in [0.29, 0.717) is 17.4 Å². The van der Waals surface area contributed by atoms with E-state index in [1.807, 2.05) is 4.90 Å². The lowest BCUT2D eigenvalue weighted by atomic mass is 10.0. The average Bonchev–Trinajstić information content (AvgIpc) is 2.60. The summed E-state index contributed by atoms with van der Waals surface area (Å²) in [6.45, 7) is 6.32. The van der Waals surface area contributed by atoms with Gasteiger partial charge in [0.15, 0.2) is 5.78 Å². The fraction of sp³-hybridized carbons (Fsp3) is 0.579. The predicted octanol–water partition coefficient (Wildman–Crippen LogP) is 2.85. The van der Waals surface area contributed by atoms with Gasteiger partial charge < -0.3 is 15.0 Å². The van der Waals surface area contributed by atoms with E-state index in [-0.39, 0.29) is 30.5 Å². The second-order valence-corrected chi connectivity index (χ2v) is 6.33. The van der Waals surface area contributed by atoms with Crippen LogP contribution in [0.2, 0.25) is 0 Å². The molecule has 1 saturated heterocycles. The lowest BCUT2D eigenvalue weighted by Crippen LogP contribution is -2.47. The molecule has 0 spiro atoms. The maximum Gasteiger partial charge on any atom is 0.227 e. The van der Waals surface area contributed by atoms with Crippen molar-refractivity contribution in [2.24, 2.45) is 0 Å². The van der Waals surface area contributed by atoms with Crippen LogP contribution in [0, 0.1) is 0 Å². The number of nitrogens with one attached hydrogen (secondary N) is 1. The second kappa shape index (κ2) is 10.4. The van der Waals surface area contributed by atoms with E-state index in [9.17, 15) is 9.59 Å². The first-order valence-corrected chi connectivity index (χ1v) is 8.74. The summed E-state index contributed by atoms with van der Waals surface area (Å²) in [4.78, 5) is 26.6. The first kappa shape index (κ1) is 21.5. The largest absolute Gasteiger partial charge is 0.496 e. The Kier molecular flexibility index (Phi) is 8.93. The molecular weight excluding hydrogens is 340 g/mol. The normalized spacial score (nSPS) is 14.5. The maximum absolute atomic E-state index is 12.9. The number of amides is 1. The van der Waals surface area contributed by atoms with E-state index in [4.69, 9.17) is 4.74 Å². The molecule has 0 bridgehead atoms. The molecule has 0 aliphatic carbocycles. The third-order valence-electron chi connectivity index (χ3n) is 4.56. The highest BCUT2D eigenvalue weighted by Gasteiger charge is 2.25. The molecule has 5 nitrogen and oxygen atoms in total. The van der Waals surface area contributed by atoms with Crippen LogP contribution in [0.5, 0.6) is 5.75 Å². The van der Waals surface area contributed by atoms with Crippen molar-refractivity contribution in [3.8, 4) is 5.75 Å². The van der Waals surface area contributed by atoms with Crippen molar-refractivity contribution in [3.05, 3.63) is 29.3 Å². The summed E-state index contributed by atoms with van der Waals surface area (Å²) in [5, 5.41) is 3.34. The number of ketones is 1. The number of Topliss-reactive ketones (excluding diaryl/α,β-unsaturated/α-hetero) is 1. The van der Waals surface area contributed by atoms with Crippen LogP contribution in [-0.2, 0) is 11.2 Å². The summed E-state index contributed by atoms with van der Waals surface area (Å²) in [7, 11) is 1.59. The molecule has 6 heteroatoms. The number of ether oxygens (including phenoxy) is 1. The quantitative estimate of drug-likeness (QED) is 0.752. The number of carbonyl (C=O) groups excluding carboxylic acids is 2. The van der Waals surface area contributed by atoms with Crippen molar-refractivity contribution < 1.29 is 14.3 Å². The van der Waals surface area contributed by atoms with Crippen LogP contribution < -0.4 is 10.1 Å². The van der Waals surface area contributed by atoms with E-state index >= 15 is 0 Å². The average molecular weight is 369 g/mol. The van der Waals surface area contributed by atoms with Crippen LogP contribution >= 0.6 is 12.4 Å². The molecule has 0 aromatic heterocycles. The number of carbonyl (C=O) groups is 2. The molecule has 1 aliphatic heterocycles. The molecule has 1 fully saturated rings. The van der Waals surface area contributed by atoms with Crippen molar-refractivity contribution >= 4 is 24.1 Å². The van der Waals surface area contributed by atoms with Gasteiger partial charge in [-0.1, -0.05) is 6.92 Å². The number of rotatable bonds is 7. The standard InChI is InChI=1S/C19H28N2O3.ClH/c1-4-11-21(17-7-9-20-10-8-17)19(23)13-16-12-15(14(2)22)5-6-18(16)24-3;/h5-6,12,17,20H,4,7-11,13H2,1-3H3;1H. The van der Waals surface area contributed by atoms with Gasteiger partial charge in [0.1, 0.15) is 5.75 Å². The first-order chi connectivity index (χ1) is 11.6. The number of hydrogen-bond acceptors (Lipinski definition) is 4. The van der Waals surface area contributed by atoms with Gasteiger partial charge >= 0.3 is 0 Å². The topological polar surface area (TPSA) is 58.6 Å². The molecule has 25 heavy (non-hydrogen) atoms. The van der Waals surface area contributed by atoms with Gasteiger partial charge in [-0.15, -0.1) is 12.4 Å². The monoisotopic (exact) mass is 368 g/mol. The Morgan fingerprint density at radius 1 is 1.28 bits per heavy atom. The summed E-state index contributed by atoms with van der Waals surface area (Å²) in [5.74, 6) is 0.771. The highest BCUT2D eigenvalue weighted by molar-refractivity contribution is 5.94.